The number of amides is 1. The molecule has 1 N–H and O–H groups in total. The third kappa shape index (κ3) is 5.16. The van der Waals surface area contributed by atoms with Gasteiger partial charge in [0.25, 0.3) is 5.69 Å². The molecule has 0 aliphatic heterocycles. The van der Waals surface area contributed by atoms with Gasteiger partial charge in [-0.15, -0.1) is 0 Å². The molecular formula is C20H19ClN4O3S. The fourth-order valence-corrected chi connectivity index (χ4v) is 4.03. The largest absolute Gasteiger partial charge is 0.326 e. The molecule has 7 nitrogen and oxygen atoms in total. The van der Waals surface area contributed by atoms with E-state index in [0.717, 1.165) is 23.7 Å². The number of aryl methyl sites for hydroxylation is 1. The summed E-state index contributed by atoms with van der Waals surface area (Å²) in [6.07, 6.45) is 4.54. The molecular weight excluding hydrogens is 412 g/mol. The number of nitro groups is 1. The molecule has 0 saturated carbocycles. The molecule has 3 rings (SSSR count). The van der Waals surface area contributed by atoms with Gasteiger partial charge in [-0.25, -0.2) is 4.98 Å². The predicted octanol–water partition coefficient (Wildman–Crippen LogP) is 5.33. The van der Waals surface area contributed by atoms with Crippen LogP contribution in [0.1, 0.15) is 24.2 Å². The summed E-state index contributed by atoms with van der Waals surface area (Å²) >= 11 is 7.19. The molecule has 0 spiro atoms. The number of carbonyl (C=O) groups is 1. The van der Waals surface area contributed by atoms with Gasteiger partial charge in [0.15, 0.2) is 5.16 Å². The Morgan fingerprint density at radius 2 is 2.07 bits per heavy atom. The molecule has 1 unspecified atom stereocenters. The van der Waals surface area contributed by atoms with Crippen LogP contribution in [0, 0.1) is 10.1 Å². The topological polar surface area (TPSA) is 90.1 Å². The lowest BCUT2D eigenvalue weighted by atomic mass is 10.1. The Balaban J connectivity index is 1.88. The van der Waals surface area contributed by atoms with E-state index in [-0.39, 0.29) is 16.6 Å². The van der Waals surface area contributed by atoms with Gasteiger partial charge >= 0.3 is 0 Å². The smallest absolute Gasteiger partial charge is 0.289 e. The van der Waals surface area contributed by atoms with E-state index in [2.05, 4.69) is 17.2 Å². The number of thioether (sulfide) groups is 1. The number of rotatable bonds is 8. The number of imidazole rings is 1. The van der Waals surface area contributed by atoms with Crippen molar-refractivity contribution in [2.45, 2.75) is 30.3 Å². The second-order valence-electron chi connectivity index (χ2n) is 6.22. The Hall–Kier alpha value is -2.84. The maximum atomic E-state index is 13.1. The van der Waals surface area contributed by atoms with Gasteiger partial charge in [-0.05, 0) is 24.1 Å². The number of nitrogens with zero attached hydrogens (tertiary/aromatic N) is 3. The SMILES string of the molecule is CCCn1ccnc1SC(C(=O)Nc1ccc(Cl)c([N+](=O)[O-])c1)c1ccccc1. The van der Waals surface area contributed by atoms with Crippen molar-refractivity contribution in [3.05, 3.63) is 81.6 Å². The summed E-state index contributed by atoms with van der Waals surface area (Å²) in [4.78, 5) is 28.0. The van der Waals surface area contributed by atoms with Crippen LogP contribution in [0.4, 0.5) is 11.4 Å². The van der Waals surface area contributed by atoms with Crippen molar-refractivity contribution < 1.29 is 9.72 Å². The molecule has 0 aliphatic carbocycles. The Bertz CT molecular complexity index is 1010. The minimum Gasteiger partial charge on any atom is -0.326 e. The zero-order valence-corrected chi connectivity index (χ0v) is 17.2. The van der Waals surface area contributed by atoms with E-state index < -0.39 is 10.2 Å². The van der Waals surface area contributed by atoms with Gasteiger partial charge in [0.2, 0.25) is 5.91 Å². The minimum atomic E-state index is -0.580. The maximum absolute atomic E-state index is 13.1. The molecule has 9 heteroatoms. The van der Waals surface area contributed by atoms with Crippen molar-refractivity contribution in [1.82, 2.24) is 9.55 Å². The zero-order chi connectivity index (χ0) is 20.8. The summed E-state index contributed by atoms with van der Waals surface area (Å²) in [6.45, 7) is 2.87. The van der Waals surface area contributed by atoms with Gasteiger partial charge < -0.3 is 9.88 Å². The molecule has 2 aromatic carbocycles. The van der Waals surface area contributed by atoms with Crippen molar-refractivity contribution in [2.75, 3.05) is 5.32 Å². The van der Waals surface area contributed by atoms with Crippen LogP contribution >= 0.6 is 23.4 Å². The molecule has 1 amide bonds. The lowest BCUT2D eigenvalue weighted by Gasteiger charge is -2.17. The normalized spacial score (nSPS) is 11.8. The van der Waals surface area contributed by atoms with E-state index in [1.54, 1.807) is 6.20 Å². The molecule has 1 heterocycles. The van der Waals surface area contributed by atoms with Crippen LogP contribution in [0.2, 0.25) is 5.02 Å². The van der Waals surface area contributed by atoms with E-state index in [1.165, 1.54) is 30.0 Å². The first kappa shape index (κ1) is 20.9. The molecule has 1 aromatic heterocycles. The highest BCUT2D eigenvalue weighted by Crippen LogP contribution is 2.36. The van der Waals surface area contributed by atoms with Crippen molar-refractivity contribution in [1.29, 1.82) is 0 Å². The third-order valence-corrected chi connectivity index (χ3v) is 5.71. The Labute approximate surface area is 177 Å². The van der Waals surface area contributed by atoms with Crippen molar-refractivity contribution >= 4 is 40.6 Å². The molecule has 0 aliphatic rings. The van der Waals surface area contributed by atoms with Crippen LogP contribution in [-0.2, 0) is 11.3 Å². The average Bonchev–Trinajstić information content (AvgIpc) is 3.15. The molecule has 3 aromatic rings. The zero-order valence-electron chi connectivity index (χ0n) is 15.6. The van der Waals surface area contributed by atoms with Crippen molar-refractivity contribution in [3.63, 3.8) is 0 Å². The second kappa shape index (κ2) is 9.58. The number of hydrogen-bond acceptors (Lipinski definition) is 5. The standard InChI is InChI=1S/C20H19ClN4O3S/c1-2-11-24-12-10-22-20(24)29-18(14-6-4-3-5-7-14)19(26)23-15-8-9-16(21)17(13-15)25(27)28/h3-10,12-13,18H,2,11H2,1H3,(H,23,26). The average molecular weight is 431 g/mol. The van der Waals surface area contributed by atoms with Gasteiger partial charge in [0.05, 0.1) is 4.92 Å². The summed E-state index contributed by atoms with van der Waals surface area (Å²) in [7, 11) is 0. The van der Waals surface area contributed by atoms with Crippen LogP contribution in [0.3, 0.4) is 0 Å². The number of nitrogens with one attached hydrogen (secondary N) is 1. The number of benzene rings is 2. The number of anilines is 1. The van der Waals surface area contributed by atoms with Gasteiger partial charge in [0, 0.05) is 30.7 Å². The molecule has 0 saturated heterocycles. The summed E-state index contributed by atoms with van der Waals surface area (Å²) in [5.74, 6) is -0.302. The van der Waals surface area contributed by atoms with Crippen molar-refractivity contribution in [3.8, 4) is 0 Å². The molecule has 29 heavy (non-hydrogen) atoms. The van der Waals surface area contributed by atoms with Crippen LogP contribution in [0.5, 0.6) is 0 Å². The molecule has 150 valence electrons. The number of carbonyl (C=O) groups excluding carboxylic acids is 1. The van der Waals surface area contributed by atoms with Gasteiger partial charge in [-0.2, -0.15) is 0 Å². The first-order valence-electron chi connectivity index (χ1n) is 8.97. The van der Waals surface area contributed by atoms with Gasteiger partial charge in [-0.1, -0.05) is 60.6 Å². The summed E-state index contributed by atoms with van der Waals surface area (Å²) in [5, 5.41) is 14.1. The van der Waals surface area contributed by atoms with Gasteiger partial charge in [-0.3, -0.25) is 14.9 Å². The molecule has 1 atom stereocenters. The maximum Gasteiger partial charge on any atom is 0.289 e. The molecule has 0 radical (unpaired) electrons. The summed E-state index contributed by atoms with van der Waals surface area (Å²) in [6, 6.07) is 13.5. The summed E-state index contributed by atoms with van der Waals surface area (Å²) < 4.78 is 2.00. The highest BCUT2D eigenvalue weighted by molar-refractivity contribution is 8.00. The van der Waals surface area contributed by atoms with E-state index >= 15 is 0 Å². The monoisotopic (exact) mass is 430 g/mol. The first-order valence-corrected chi connectivity index (χ1v) is 10.2. The first-order chi connectivity index (χ1) is 14.0. The van der Waals surface area contributed by atoms with Crippen LogP contribution in [0.25, 0.3) is 0 Å². The van der Waals surface area contributed by atoms with E-state index in [4.69, 9.17) is 11.6 Å². The van der Waals surface area contributed by atoms with E-state index in [1.807, 2.05) is 41.1 Å². The number of nitro benzene ring substituents is 1. The summed E-state index contributed by atoms with van der Waals surface area (Å²) in [5.41, 5.74) is 0.862. The van der Waals surface area contributed by atoms with Crippen LogP contribution in [-0.4, -0.2) is 20.4 Å². The second-order valence-corrected chi connectivity index (χ2v) is 7.70. The lowest BCUT2D eigenvalue weighted by Crippen LogP contribution is -2.19. The molecule has 0 fully saturated rings. The highest BCUT2D eigenvalue weighted by atomic mass is 35.5. The van der Waals surface area contributed by atoms with Crippen molar-refractivity contribution in [2.24, 2.45) is 0 Å². The third-order valence-electron chi connectivity index (χ3n) is 4.12. The predicted molar refractivity (Wildman–Crippen MR) is 114 cm³/mol. The Morgan fingerprint density at radius 1 is 1.31 bits per heavy atom. The lowest BCUT2D eigenvalue weighted by molar-refractivity contribution is -0.384. The minimum absolute atomic E-state index is 0.0172. The van der Waals surface area contributed by atoms with Crippen LogP contribution in [0.15, 0.2) is 66.1 Å². The van der Waals surface area contributed by atoms with Gasteiger partial charge in [0.1, 0.15) is 10.3 Å². The Morgan fingerprint density at radius 3 is 2.76 bits per heavy atom. The van der Waals surface area contributed by atoms with E-state index in [9.17, 15) is 14.9 Å². The fraction of sp³-hybridized carbons (Fsp3) is 0.200. The van der Waals surface area contributed by atoms with Crippen LogP contribution < -0.4 is 5.32 Å². The quantitative estimate of drug-likeness (QED) is 0.296. The number of halogens is 1. The van der Waals surface area contributed by atoms with E-state index in [0.29, 0.717) is 5.69 Å². The number of hydrogen-bond donors (Lipinski definition) is 1. The highest BCUT2D eigenvalue weighted by Gasteiger charge is 2.25. The Kier molecular flexibility index (Phi) is 6.90. The molecule has 0 bridgehead atoms. The number of aromatic nitrogens is 2. The fourth-order valence-electron chi connectivity index (χ4n) is 2.77.